The molecule has 2 aromatic carbocycles. The molecule has 2 aromatic rings. The SMILES string of the molecule is Fc1ccc(CC2NCCc3ccccc32)cc1Br. The molecule has 0 saturated heterocycles. The van der Waals surface area contributed by atoms with Gasteiger partial charge >= 0.3 is 0 Å². The van der Waals surface area contributed by atoms with E-state index >= 15 is 0 Å². The van der Waals surface area contributed by atoms with Gasteiger partial charge in [-0.2, -0.15) is 0 Å². The largest absolute Gasteiger partial charge is 0.309 e. The van der Waals surface area contributed by atoms with Crippen LogP contribution in [0.5, 0.6) is 0 Å². The Bertz CT molecular complexity index is 597. The lowest BCUT2D eigenvalue weighted by Crippen LogP contribution is -2.31. The van der Waals surface area contributed by atoms with Crippen LogP contribution in [-0.2, 0) is 12.8 Å². The Morgan fingerprint density at radius 3 is 2.89 bits per heavy atom. The van der Waals surface area contributed by atoms with E-state index in [1.807, 2.05) is 12.1 Å². The van der Waals surface area contributed by atoms with Gasteiger partial charge < -0.3 is 5.32 Å². The van der Waals surface area contributed by atoms with Crippen molar-refractivity contribution >= 4 is 15.9 Å². The highest BCUT2D eigenvalue weighted by atomic mass is 79.9. The third kappa shape index (κ3) is 2.72. The van der Waals surface area contributed by atoms with Gasteiger partial charge in [-0.1, -0.05) is 30.3 Å². The Morgan fingerprint density at radius 2 is 2.05 bits per heavy atom. The summed E-state index contributed by atoms with van der Waals surface area (Å²) in [5, 5.41) is 3.55. The molecule has 3 heteroatoms. The van der Waals surface area contributed by atoms with E-state index in [-0.39, 0.29) is 5.82 Å². The zero-order valence-electron chi connectivity index (χ0n) is 10.5. The average molecular weight is 320 g/mol. The molecule has 0 aliphatic carbocycles. The molecule has 0 amide bonds. The highest BCUT2D eigenvalue weighted by molar-refractivity contribution is 9.10. The van der Waals surface area contributed by atoms with Gasteiger partial charge in [-0.25, -0.2) is 4.39 Å². The molecule has 0 fully saturated rings. The molecule has 0 spiro atoms. The van der Waals surface area contributed by atoms with Gasteiger partial charge in [-0.3, -0.25) is 0 Å². The molecule has 98 valence electrons. The molecule has 0 saturated carbocycles. The van der Waals surface area contributed by atoms with E-state index in [0.29, 0.717) is 10.5 Å². The standard InChI is InChI=1S/C16H15BrFN/c17-14-9-11(5-6-15(14)18)10-16-13-4-2-1-3-12(13)7-8-19-16/h1-6,9,16,19H,7-8,10H2. The molecule has 1 heterocycles. The molecule has 1 unspecified atom stereocenters. The summed E-state index contributed by atoms with van der Waals surface area (Å²) in [5.41, 5.74) is 3.93. The minimum absolute atomic E-state index is 0.208. The molecule has 3 rings (SSSR count). The monoisotopic (exact) mass is 319 g/mol. The van der Waals surface area contributed by atoms with Crippen molar-refractivity contribution in [2.75, 3.05) is 6.54 Å². The van der Waals surface area contributed by atoms with Crippen molar-refractivity contribution in [2.24, 2.45) is 0 Å². The summed E-state index contributed by atoms with van der Waals surface area (Å²) in [6.07, 6.45) is 1.97. The third-order valence-electron chi connectivity index (χ3n) is 3.64. The van der Waals surface area contributed by atoms with Gasteiger partial charge in [0, 0.05) is 6.04 Å². The first kappa shape index (κ1) is 12.8. The van der Waals surface area contributed by atoms with Crippen LogP contribution in [0.3, 0.4) is 0 Å². The van der Waals surface area contributed by atoms with Gasteiger partial charge in [0.05, 0.1) is 4.47 Å². The maximum atomic E-state index is 13.3. The molecule has 0 bridgehead atoms. The molecule has 1 nitrogen and oxygen atoms in total. The Balaban J connectivity index is 1.86. The summed E-state index contributed by atoms with van der Waals surface area (Å²) in [6, 6.07) is 14.1. The van der Waals surface area contributed by atoms with Crippen LogP contribution >= 0.6 is 15.9 Å². The Morgan fingerprint density at radius 1 is 1.21 bits per heavy atom. The molecule has 0 aromatic heterocycles. The van der Waals surface area contributed by atoms with Crippen LogP contribution in [-0.4, -0.2) is 6.54 Å². The minimum atomic E-state index is -0.208. The minimum Gasteiger partial charge on any atom is -0.309 e. The molecule has 0 radical (unpaired) electrons. The van der Waals surface area contributed by atoms with Gasteiger partial charge in [-0.05, 0) is 64.1 Å². The molecule has 1 aliphatic rings. The van der Waals surface area contributed by atoms with Crippen LogP contribution in [0, 0.1) is 5.82 Å². The van der Waals surface area contributed by atoms with E-state index in [9.17, 15) is 4.39 Å². The number of halogens is 2. The zero-order chi connectivity index (χ0) is 13.2. The van der Waals surface area contributed by atoms with Crippen LogP contribution < -0.4 is 5.32 Å². The van der Waals surface area contributed by atoms with E-state index in [2.05, 4.69) is 45.5 Å². The number of fused-ring (bicyclic) bond motifs is 1. The van der Waals surface area contributed by atoms with E-state index in [4.69, 9.17) is 0 Å². The van der Waals surface area contributed by atoms with Crippen molar-refractivity contribution in [3.05, 3.63) is 69.4 Å². The van der Waals surface area contributed by atoms with Crippen molar-refractivity contribution in [1.29, 1.82) is 0 Å². The van der Waals surface area contributed by atoms with Gasteiger partial charge in [0.25, 0.3) is 0 Å². The summed E-state index contributed by atoms with van der Waals surface area (Å²) in [6.45, 7) is 1.00. The number of hydrogen-bond donors (Lipinski definition) is 1. The predicted octanol–water partition coefficient (Wildman–Crippen LogP) is 4.02. The summed E-state index contributed by atoms with van der Waals surface area (Å²) in [7, 11) is 0. The van der Waals surface area contributed by atoms with Gasteiger partial charge in [-0.15, -0.1) is 0 Å². The van der Waals surface area contributed by atoms with E-state index in [1.165, 1.54) is 17.2 Å². The smallest absolute Gasteiger partial charge is 0.137 e. The second-order valence-corrected chi connectivity index (χ2v) is 5.76. The second-order valence-electron chi connectivity index (χ2n) is 4.91. The summed E-state index contributed by atoms with van der Waals surface area (Å²) < 4.78 is 13.8. The van der Waals surface area contributed by atoms with Crippen molar-refractivity contribution in [2.45, 2.75) is 18.9 Å². The highest BCUT2D eigenvalue weighted by Crippen LogP contribution is 2.27. The van der Waals surface area contributed by atoms with E-state index in [0.717, 1.165) is 24.9 Å². The van der Waals surface area contributed by atoms with Crippen LogP contribution in [0.25, 0.3) is 0 Å². The van der Waals surface area contributed by atoms with Crippen LogP contribution in [0.2, 0.25) is 0 Å². The van der Waals surface area contributed by atoms with Gasteiger partial charge in [0.2, 0.25) is 0 Å². The fourth-order valence-corrected chi connectivity index (χ4v) is 3.10. The van der Waals surface area contributed by atoms with Crippen LogP contribution in [0.4, 0.5) is 4.39 Å². The predicted molar refractivity (Wildman–Crippen MR) is 78.7 cm³/mol. The van der Waals surface area contributed by atoms with Crippen molar-refractivity contribution in [1.82, 2.24) is 5.32 Å². The second kappa shape index (κ2) is 5.43. The fraction of sp³-hybridized carbons (Fsp3) is 0.250. The number of rotatable bonds is 2. The normalized spacial score (nSPS) is 18.1. The summed E-state index contributed by atoms with van der Waals surface area (Å²) >= 11 is 3.25. The fourth-order valence-electron chi connectivity index (χ4n) is 2.68. The van der Waals surface area contributed by atoms with E-state index < -0.39 is 0 Å². The quantitative estimate of drug-likeness (QED) is 0.881. The Kier molecular flexibility index (Phi) is 3.67. The molecule has 1 atom stereocenters. The first-order chi connectivity index (χ1) is 9.24. The lowest BCUT2D eigenvalue weighted by molar-refractivity contribution is 0.502. The Labute approximate surface area is 121 Å². The number of hydrogen-bond acceptors (Lipinski definition) is 1. The molecular formula is C16H15BrFN. The lowest BCUT2D eigenvalue weighted by Gasteiger charge is -2.27. The van der Waals surface area contributed by atoms with E-state index in [1.54, 1.807) is 0 Å². The topological polar surface area (TPSA) is 12.0 Å². The maximum Gasteiger partial charge on any atom is 0.137 e. The number of benzene rings is 2. The van der Waals surface area contributed by atoms with Crippen molar-refractivity contribution < 1.29 is 4.39 Å². The van der Waals surface area contributed by atoms with Crippen molar-refractivity contribution in [3.8, 4) is 0 Å². The summed E-state index contributed by atoms with van der Waals surface area (Å²) in [4.78, 5) is 0. The van der Waals surface area contributed by atoms with Gasteiger partial charge in [0.1, 0.15) is 5.82 Å². The first-order valence-corrected chi connectivity index (χ1v) is 7.28. The maximum absolute atomic E-state index is 13.3. The zero-order valence-corrected chi connectivity index (χ0v) is 12.1. The third-order valence-corrected chi connectivity index (χ3v) is 4.25. The van der Waals surface area contributed by atoms with Gasteiger partial charge in [0.15, 0.2) is 0 Å². The molecule has 1 N–H and O–H groups in total. The average Bonchev–Trinajstić information content (AvgIpc) is 2.43. The number of nitrogens with one attached hydrogen (secondary N) is 1. The molecular weight excluding hydrogens is 305 g/mol. The first-order valence-electron chi connectivity index (χ1n) is 6.49. The van der Waals surface area contributed by atoms with Crippen molar-refractivity contribution in [3.63, 3.8) is 0 Å². The lowest BCUT2D eigenvalue weighted by atomic mass is 9.90. The summed E-state index contributed by atoms with van der Waals surface area (Å²) in [5.74, 6) is -0.208. The van der Waals surface area contributed by atoms with Crippen LogP contribution in [0.15, 0.2) is 46.9 Å². The Hall–Kier alpha value is -1.19. The van der Waals surface area contributed by atoms with Crippen LogP contribution in [0.1, 0.15) is 22.7 Å². The molecule has 19 heavy (non-hydrogen) atoms. The highest BCUT2D eigenvalue weighted by Gasteiger charge is 2.19. The molecule has 1 aliphatic heterocycles.